The van der Waals surface area contributed by atoms with E-state index in [9.17, 15) is 4.79 Å². The number of rotatable bonds is 5. The molecule has 0 aromatic carbocycles. The summed E-state index contributed by atoms with van der Waals surface area (Å²) in [6.07, 6.45) is 3.33. The summed E-state index contributed by atoms with van der Waals surface area (Å²) in [5.74, 6) is 0.0127. The minimum Gasteiger partial charge on any atom is -0.306 e. The van der Waals surface area contributed by atoms with E-state index >= 15 is 0 Å². The molecule has 0 amide bonds. The molecular formula is C9H12BrN3O. The van der Waals surface area contributed by atoms with Gasteiger partial charge in [0, 0.05) is 13.6 Å². The smallest absolute Gasteiger partial charge is 0.195 e. The van der Waals surface area contributed by atoms with Crippen LogP contribution >= 0.6 is 15.9 Å². The fourth-order valence-corrected chi connectivity index (χ4v) is 1.67. The molecule has 0 spiro atoms. The molecule has 76 valence electrons. The first-order valence-electron chi connectivity index (χ1n) is 4.19. The third-order valence-corrected chi connectivity index (χ3v) is 2.31. The molecule has 0 atom stereocenters. The summed E-state index contributed by atoms with van der Waals surface area (Å²) in [5.41, 5.74) is 0.585. The number of nitrogens with one attached hydrogen (secondary N) is 1. The SMILES string of the molecule is C=CCNCC(=O)c1c(Br)cnn1C. The Kier molecular flexibility index (Phi) is 4.03. The Hall–Kier alpha value is -0.940. The van der Waals surface area contributed by atoms with Crippen molar-refractivity contribution in [3.05, 3.63) is 29.0 Å². The van der Waals surface area contributed by atoms with Crippen molar-refractivity contribution in [3.8, 4) is 0 Å². The molecule has 0 bridgehead atoms. The average Bonchev–Trinajstić information content (AvgIpc) is 2.46. The van der Waals surface area contributed by atoms with Crippen molar-refractivity contribution in [3.63, 3.8) is 0 Å². The molecule has 1 rings (SSSR count). The second-order valence-electron chi connectivity index (χ2n) is 2.81. The van der Waals surface area contributed by atoms with E-state index in [0.717, 1.165) is 4.47 Å². The van der Waals surface area contributed by atoms with E-state index in [2.05, 4.69) is 32.9 Å². The van der Waals surface area contributed by atoms with Crippen LogP contribution < -0.4 is 5.32 Å². The maximum absolute atomic E-state index is 11.6. The Balaban J connectivity index is 2.64. The molecule has 14 heavy (non-hydrogen) atoms. The summed E-state index contributed by atoms with van der Waals surface area (Å²) in [7, 11) is 1.74. The van der Waals surface area contributed by atoms with Gasteiger partial charge in [0.2, 0.25) is 0 Å². The van der Waals surface area contributed by atoms with Gasteiger partial charge in [0.1, 0.15) is 5.69 Å². The van der Waals surface area contributed by atoms with E-state index in [0.29, 0.717) is 18.8 Å². The number of carbonyl (C=O) groups is 1. The first-order valence-corrected chi connectivity index (χ1v) is 4.98. The predicted octanol–water partition coefficient (Wildman–Crippen LogP) is 1.14. The molecule has 1 N–H and O–H groups in total. The third kappa shape index (κ3) is 2.52. The lowest BCUT2D eigenvalue weighted by molar-refractivity contribution is 0.0982. The van der Waals surface area contributed by atoms with E-state index in [1.54, 1.807) is 24.0 Å². The molecule has 0 saturated carbocycles. The van der Waals surface area contributed by atoms with Gasteiger partial charge in [-0.25, -0.2) is 0 Å². The Morgan fingerprint density at radius 2 is 2.57 bits per heavy atom. The molecule has 0 aliphatic rings. The predicted molar refractivity (Wildman–Crippen MR) is 58.3 cm³/mol. The zero-order chi connectivity index (χ0) is 10.6. The standard InChI is InChI=1S/C9H12BrN3O/c1-3-4-11-6-8(14)9-7(10)5-12-13(9)2/h3,5,11H,1,4,6H2,2H3. The molecule has 1 aromatic rings. The van der Waals surface area contributed by atoms with Gasteiger partial charge < -0.3 is 5.32 Å². The van der Waals surface area contributed by atoms with E-state index in [1.807, 2.05) is 0 Å². The fourth-order valence-electron chi connectivity index (χ4n) is 1.10. The van der Waals surface area contributed by atoms with Crippen LogP contribution in [0.15, 0.2) is 23.3 Å². The third-order valence-electron chi connectivity index (χ3n) is 1.73. The van der Waals surface area contributed by atoms with Gasteiger partial charge in [-0.05, 0) is 15.9 Å². The van der Waals surface area contributed by atoms with Gasteiger partial charge in [0.15, 0.2) is 5.78 Å². The molecule has 0 fully saturated rings. The van der Waals surface area contributed by atoms with E-state index < -0.39 is 0 Å². The van der Waals surface area contributed by atoms with Gasteiger partial charge in [-0.15, -0.1) is 6.58 Å². The van der Waals surface area contributed by atoms with Gasteiger partial charge in [-0.2, -0.15) is 5.10 Å². The quantitative estimate of drug-likeness (QED) is 0.489. The van der Waals surface area contributed by atoms with Gasteiger partial charge in [0.25, 0.3) is 0 Å². The topological polar surface area (TPSA) is 46.9 Å². The fraction of sp³-hybridized carbons (Fsp3) is 0.333. The first-order chi connectivity index (χ1) is 6.66. The minimum atomic E-state index is 0.0127. The Bertz CT molecular complexity index is 326. The van der Waals surface area contributed by atoms with Crippen LogP contribution in [0.5, 0.6) is 0 Å². The summed E-state index contributed by atoms with van der Waals surface area (Å²) in [6.45, 7) is 4.48. The molecule has 5 heteroatoms. The van der Waals surface area contributed by atoms with Gasteiger partial charge in [-0.3, -0.25) is 9.48 Å². The van der Waals surface area contributed by atoms with Gasteiger partial charge in [-0.1, -0.05) is 6.08 Å². The maximum atomic E-state index is 11.6. The Morgan fingerprint density at radius 3 is 3.07 bits per heavy atom. The number of hydrogen-bond donors (Lipinski definition) is 1. The average molecular weight is 258 g/mol. The van der Waals surface area contributed by atoms with E-state index in [1.165, 1.54) is 0 Å². The second kappa shape index (κ2) is 5.07. The molecule has 0 aliphatic carbocycles. The lowest BCUT2D eigenvalue weighted by Gasteiger charge is -2.02. The summed E-state index contributed by atoms with van der Waals surface area (Å²) >= 11 is 3.27. The number of halogens is 1. The number of Topliss-reactive ketones (excluding diaryl/α,β-unsaturated/α-hetero) is 1. The highest BCUT2D eigenvalue weighted by atomic mass is 79.9. The van der Waals surface area contributed by atoms with Crippen molar-refractivity contribution in [1.82, 2.24) is 15.1 Å². The Morgan fingerprint density at radius 1 is 1.86 bits per heavy atom. The van der Waals surface area contributed by atoms with Crippen molar-refractivity contribution in [2.75, 3.05) is 13.1 Å². The van der Waals surface area contributed by atoms with Crippen molar-refractivity contribution in [2.24, 2.45) is 7.05 Å². The zero-order valence-electron chi connectivity index (χ0n) is 7.96. The molecular weight excluding hydrogens is 246 g/mol. The molecule has 0 aliphatic heterocycles. The van der Waals surface area contributed by atoms with Crippen LogP contribution in [-0.4, -0.2) is 28.7 Å². The van der Waals surface area contributed by atoms with Crippen molar-refractivity contribution >= 4 is 21.7 Å². The summed E-state index contributed by atoms with van der Waals surface area (Å²) < 4.78 is 2.28. The monoisotopic (exact) mass is 257 g/mol. The minimum absolute atomic E-state index is 0.0127. The number of aryl methyl sites for hydroxylation is 1. The van der Waals surface area contributed by atoms with Crippen molar-refractivity contribution in [2.45, 2.75) is 0 Å². The summed E-state index contributed by atoms with van der Waals surface area (Å²) in [6, 6.07) is 0. The number of carbonyl (C=O) groups excluding carboxylic acids is 1. The summed E-state index contributed by atoms with van der Waals surface area (Å²) in [4.78, 5) is 11.6. The molecule has 0 saturated heterocycles. The number of nitrogens with zero attached hydrogens (tertiary/aromatic N) is 2. The van der Waals surface area contributed by atoms with E-state index in [-0.39, 0.29) is 5.78 Å². The highest BCUT2D eigenvalue weighted by molar-refractivity contribution is 9.10. The van der Waals surface area contributed by atoms with Crippen LogP contribution in [0.25, 0.3) is 0 Å². The van der Waals surface area contributed by atoms with Crippen LogP contribution in [0.2, 0.25) is 0 Å². The lowest BCUT2D eigenvalue weighted by atomic mass is 10.3. The first kappa shape index (κ1) is 11.1. The highest BCUT2D eigenvalue weighted by Crippen LogP contribution is 2.14. The number of ketones is 1. The molecule has 1 aromatic heterocycles. The highest BCUT2D eigenvalue weighted by Gasteiger charge is 2.13. The zero-order valence-corrected chi connectivity index (χ0v) is 9.54. The molecule has 0 unspecified atom stereocenters. The number of hydrogen-bond acceptors (Lipinski definition) is 3. The van der Waals surface area contributed by atoms with E-state index in [4.69, 9.17) is 0 Å². The van der Waals surface area contributed by atoms with Gasteiger partial charge in [0.05, 0.1) is 17.2 Å². The molecule has 4 nitrogen and oxygen atoms in total. The summed E-state index contributed by atoms with van der Waals surface area (Å²) in [5, 5.41) is 6.91. The molecule has 0 radical (unpaired) electrons. The molecule has 1 heterocycles. The maximum Gasteiger partial charge on any atom is 0.195 e. The van der Waals surface area contributed by atoms with Crippen molar-refractivity contribution < 1.29 is 4.79 Å². The van der Waals surface area contributed by atoms with Crippen LogP contribution in [0.1, 0.15) is 10.5 Å². The van der Waals surface area contributed by atoms with Crippen LogP contribution in [-0.2, 0) is 7.05 Å². The second-order valence-corrected chi connectivity index (χ2v) is 3.66. The Labute approximate surface area is 91.1 Å². The van der Waals surface area contributed by atoms with Crippen molar-refractivity contribution in [1.29, 1.82) is 0 Å². The number of aromatic nitrogens is 2. The van der Waals surface area contributed by atoms with Crippen LogP contribution in [0.3, 0.4) is 0 Å². The van der Waals surface area contributed by atoms with Crippen LogP contribution in [0, 0.1) is 0 Å². The van der Waals surface area contributed by atoms with Crippen LogP contribution in [0.4, 0.5) is 0 Å². The normalized spacial score (nSPS) is 10.1. The lowest BCUT2D eigenvalue weighted by Crippen LogP contribution is -2.24. The largest absolute Gasteiger partial charge is 0.306 e. The van der Waals surface area contributed by atoms with Gasteiger partial charge >= 0.3 is 0 Å².